The molecule has 2 aliphatic heterocycles. The van der Waals surface area contributed by atoms with Crippen molar-refractivity contribution >= 4 is 18.9 Å². The Morgan fingerprint density at radius 2 is 1.87 bits per heavy atom. The lowest BCUT2D eigenvalue weighted by Gasteiger charge is -2.44. The van der Waals surface area contributed by atoms with Crippen LogP contribution in [0.2, 0.25) is 0 Å². The molecule has 0 radical (unpaired) electrons. The Kier molecular flexibility index (Phi) is 2.43. The van der Waals surface area contributed by atoms with Gasteiger partial charge in [-0.25, -0.2) is 9.59 Å². The van der Waals surface area contributed by atoms with Gasteiger partial charge in [0.1, 0.15) is 0 Å². The van der Waals surface area contributed by atoms with Crippen LogP contribution in [-0.4, -0.2) is 31.1 Å². The third-order valence-corrected chi connectivity index (χ3v) is 2.48. The maximum atomic E-state index is 10.9. The van der Waals surface area contributed by atoms with E-state index >= 15 is 0 Å². The van der Waals surface area contributed by atoms with Crippen molar-refractivity contribution in [2.45, 2.75) is 38.9 Å². The van der Waals surface area contributed by atoms with E-state index in [0.29, 0.717) is 6.42 Å². The summed E-state index contributed by atoms with van der Waals surface area (Å²) in [5, 5.41) is 0. The van der Waals surface area contributed by atoms with Crippen molar-refractivity contribution in [3.63, 3.8) is 0 Å². The molecule has 0 aromatic heterocycles. The fourth-order valence-corrected chi connectivity index (χ4v) is 1.79. The number of carbonyl (C=O) groups excluding carboxylic acids is 2. The minimum atomic E-state index is -2.64. The van der Waals surface area contributed by atoms with Gasteiger partial charge in [-0.15, -0.1) is 0 Å². The standard InChI is InChI=1S/C8H12BO6/c1-3-6-4-5(2)12-9(13-6)14-7(10)8(11)15-9/h5-6H,3-4H2,1-2H3/q-1. The first kappa shape index (κ1) is 10.4. The van der Waals surface area contributed by atoms with Gasteiger partial charge in [-0.3, -0.25) is 0 Å². The smallest absolute Gasteiger partial charge is 0.599 e. The van der Waals surface area contributed by atoms with Crippen molar-refractivity contribution in [3.8, 4) is 0 Å². The monoisotopic (exact) mass is 215 g/mol. The van der Waals surface area contributed by atoms with Crippen LogP contribution in [0.4, 0.5) is 0 Å². The van der Waals surface area contributed by atoms with E-state index in [-0.39, 0.29) is 12.2 Å². The number of rotatable bonds is 1. The summed E-state index contributed by atoms with van der Waals surface area (Å²) in [6.07, 6.45) is 1.15. The highest BCUT2D eigenvalue weighted by atomic mass is 16.9. The molecular formula is C8H12BO6-. The zero-order valence-electron chi connectivity index (χ0n) is 8.60. The van der Waals surface area contributed by atoms with Crippen LogP contribution in [0.3, 0.4) is 0 Å². The summed E-state index contributed by atoms with van der Waals surface area (Å²) in [6.45, 7) is 1.11. The molecule has 2 saturated heterocycles. The topological polar surface area (TPSA) is 71.1 Å². The molecule has 2 fully saturated rings. The van der Waals surface area contributed by atoms with E-state index in [1.165, 1.54) is 0 Å². The maximum Gasteiger partial charge on any atom is 0.657 e. The summed E-state index contributed by atoms with van der Waals surface area (Å²) in [5.74, 6) is -2.11. The van der Waals surface area contributed by atoms with Gasteiger partial charge in [-0.05, 0) is 19.8 Å². The normalized spacial score (nSPS) is 34.0. The molecule has 1 spiro atoms. The Morgan fingerprint density at radius 1 is 1.27 bits per heavy atom. The molecule has 15 heavy (non-hydrogen) atoms. The minimum Gasteiger partial charge on any atom is -0.599 e. The van der Waals surface area contributed by atoms with Crippen LogP contribution >= 0.6 is 0 Å². The molecule has 0 amide bonds. The third-order valence-electron chi connectivity index (χ3n) is 2.48. The van der Waals surface area contributed by atoms with E-state index in [1.807, 2.05) is 13.8 Å². The van der Waals surface area contributed by atoms with Gasteiger partial charge in [0.15, 0.2) is 0 Å². The van der Waals surface area contributed by atoms with Crippen LogP contribution in [0.15, 0.2) is 0 Å². The van der Waals surface area contributed by atoms with Crippen molar-refractivity contribution in [1.82, 2.24) is 0 Å². The van der Waals surface area contributed by atoms with E-state index < -0.39 is 18.9 Å². The van der Waals surface area contributed by atoms with E-state index in [0.717, 1.165) is 6.42 Å². The van der Waals surface area contributed by atoms with Gasteiger partial charge >= 0.3 is 18.9 Å². The highest BCUT2D eigenvalue weighted by molar-refractivity contribution is 6.66. The summed E-state index contributed by atoms with van der Waals surface area (Å²) in [5.41, 5.74) is 0. The average Bonchev–Trinajstić information content (AvgIpc) is 2.40. The fraction of sp³-hybridized carbons (Fsp3) is 0.750. The van der Waals surface area contributed by atoms with Crippen LogP contribution in [-0.2, 0) is 28.2 Å². The molecule has 0 aliphatic carbocycles. The second kappa shape index (κ2) is 3.50. The number of hydrogen-bond donors (Lipinski definition) is 0. The lowest BCUT2D eigenvalue weighted by molar-refractivity contribution is -0.150. The fourth-order valence-electron chi connectivity index (χ4n) is 1.79. The second-order valence-corrected chi connectivity index (χ2v) is 3.74. The van der Waals surface area contributed by atoms with Gasteiger partial charge in [0.2, 0.25) is 0 Å². The first-order chi connectivity index (χ1) is 7.04. The molecular weight excluding hydrogens is 203 g/mol. The quantitative estimate of drug-likeness (QED) is 0.457. The first-order valence-electron chi connectivity index (χ1n) is 4.99. The summed E-state index contributed by atoms with van der Waals surface area (Å²) >= 11 is 0. The third kappa shape index (κ3) is 1.84. The van der Waals surface area contributed by atoms with Gasteiger partial charge in [-0.1, -0.05) is 6.92 Å². The predicted octanol–water partition coefficient (Wildman–Crippen LogP) is 0.126. The molecule has 2 rings (SSSR count). The summed E-state index contributed by atoms with van der Waals surface area (Å²) in [4.78, 5) is 21.8. The molecule has 0 aromatic carbocycles. The summed E-state index contributed by atoms with van der Waals surface area (Å²) in [7, 11) is 0. The summed E-state index contributed by atoms with van der Waals surface area (Å²) < 4.78 is 20.0. The molecule has 2 unspecified atom stereocenters. The van der Waals surface area contributed by atoms with Gasteiger partial charge in [0, 0.05) is 12.2 Å². The number of hydrogen-bond acceptors (Lipinski definition) is 6. The van der Waals surface area contributed by atoms with Gasteiger partial charge < -0.3 is 18.6 Å². The van der Waals surface area contributed by atoms with E-state index in [1.54, 1.807) is 0 Å². The highest BCUT2D eigenvalue weighted by Crippen LogP contribution is 2.30. The zero-order chi connectivity index (χ0) is 11.1. The highest BCUT2D eigenvalue weighted by Gasteiger charge is 2.52. The van der Waals surface area contributed by atoms with Crippen LogP contribution in [0, 0.1) is 0 Å². The van der Waals surface area contributed by atoms with E-state index in [2.05, 4.69) is 0 Å². The maximum absolute atomic E-state index is 10.9. The Bertz CT molecular complexity index is 288. The molecule has 6 nitrogen and oxygen atoms in total. The Hall–Kier alpha value is -1.08. The van der Waals surface area contributed by atoms with Crippen molar-refractivity contribution in [2.24, 2.45) is 0 Å². The number of carbonyl (C=O) groups is 2. The van der Waals surface area contributed by atoms with Crippen molar-refractivity contribution in [3.05, 3.63) is 0 Å². The molecule has 2 aliphatic rings. The lowest BCUT2D eigenvalue weighted by Crippen LogP contribution is -2.54. The van der Waals surface area contributed by atoms with Crippen molar-refractivity contribution in [1.29, 1.82) is 0 Å². The Morgan fingerprint density at radius 3 is 2.40 bits per heavy atom. The van der Waals surface area contributed by atoms with Gasteiger partial charge in [0.25, 0.3) is 0 Å². The minimum absolute atomic E-state index is 0.118. The van der Waals surface area contributed by atoms with Gasteiger partial charge in [0.05, 0.1) is 0 Å². The Labute approximate surface area is 86.9 Å². The Balaban J connectivity index is 2.14. The van der Waals surface area contributed by atoms with Crippen molar-refractivity contribution < 1.29 is 28.2 Å². The van der Waals surface area contributed by atoms with Gasteiger partial charge in [-0.2, -0.15) is 0 Å². The zero-order valence-corrected chi connectivity index (χ0v) is 8.60. The average molecular weight is 215 g/mol. The molecule has 0 aromatic rings. The molecule has 2 atom stereocenters. The van der Waals surface area contributed by atoms with Crippen LogP contribution in [0.25, 0.3) is 0 Å². The first-order valence-corrected chi connectivity index (χ1v) is 4.99. The molecule has 0 bridgehead atoms. The second-order valence-electron chi connectivity index (χ2n) is 3.74. The predicted molar refractivity (Wildman–Crippen MR) is 48.3 cm³/mol. The van der Waals surface area contributed by atoms with Crippen LogP contribution < -0.4 is 0 Å². The van der Waals surface area contributed by atoms with Crippen LogP contribution in [0.1, 0.15) is 26.7 Å². The van der Waals surface area contributed by atoms with E-state index in [4.69, 9.17) is 18.6 Å². The summed E-state index contributed by atoms with van der Waals surface area (Å²) in [6, 6.07) is 0. The largest absolute Gasteiger partial charge is 0.657 e. The van der Waals surface area contributed by atoms with Crippen molar-refractivity contribution in [2.75, 3.05) is 0 Å². The molecule has 7 heteroatoms. The SMILES string of the molecule is CCC1CC(C)O[B-]2(OC(=O)C(=O)O2)O1. The molecule has 0 saturated carbocycles. The lowest BCUT2D eigenvalue weighted by atomic mass is 9.97. The van der Waals surface area contributed by atoms with E-state index in [9.17, 15) is 9.59 Å². The molecule has 84 valence electrons. The molecule has 0 N–H and O–H groups in total. The molecule has 2 heterocycles. The van der Waals surface area contributed by atoms with Crippen LogP contribution in [0.5, 0.6) is 0 Å².